The monoisotopic (exact) mass is 735 g/mol. The van der Waals surface area contributed by atoms with Gasteiger partial charge in [0.1, 0.15) is 0 Å². The Kier molecular flexibility index (Phi) is 7.61. The molecule has 0 spiro atoms. The van der Waals surface area contributed by atoms with Gasteiger partial charge in [0.2, 0.25) is 0 Å². The highest BCUT2D eigenvalue weighted by Crippen LogP contribution is 2.45. The van der Waals surface area contributed by atoms with Crippen molar-refractivity contribution in [1.82, 2.24) is 14.1 Å². The van der Waals surface area contributed by atoms with Crippen LogP contribution < -0.4 is 0 Å². The van der Waals surface area contributed by atoms with Gasteiger partial charge >= 0.3 is 0 Å². The summed E-state index contributed by atoms with van der Waals surface area (Å²) in [5.41, 5.74) is 16.3. The van der Waals surface area contributed by atoms with E-state index in [-0.39, 0.29) is 0 Å². The Morgan fingerprint density at radius 2 is 1.16 bits per heavy atom. The number of hydrogen-bond acceptors (Lipinski definition) is 2. The molecule has 3 aromatic heterocycles. The van der Waals surface area contributed by atoms with Crippen LogP contribution in [0.15, 0.2) is 181 Å². The van der Waals surface area contributed by atoms with E-state index in [0.717, 1.165) is 56.7 Å². The van der Waals surface area contributed by atoms with Gasteiger partial charge < -0.3 is 9.13 Å². The van der Waals surface area contributed by atoms with E-state index in [0.29, 0.717) is 0 Å². The summed E-state index contributed by atoms with van der Waals surface area (Å²) in [6, 6.07) is 61.3. The maximum atomic E-state index is 5.30. The van der Waals surface area contributed by atoms with Gasteiger partial charge in [-0.3, -0.25) is 0 Å². The van der Waals surface area contributed by atoms with Crippen molar-refractivity contribution in [3.05, 3.63) is 192 Å². The molecule has 1 aliphatic carbocycles. The van der Waals surface area contributed by atoms with Crippen LogP contribution in [-0.2, 0) is 0 Å². The molecule has 1 aliphatic rings. The molecule has 0 radical (unpaired) electrons. The van der Waals surface area contributed by atoms with Gasteiger partial charge in [-0.1, -0.05) is 121 Å². The Morgan fingerprint density at radius 1 is 0.518 bits per heavy atom. The lowest BCUT2D eigenvalue weighted by Crippen LogP contribution is -2.03. The van der Waals surface area contributed by atoms with E-state index in [9.17, 15) is 0 Å². The number of aromatic nitrogens is 3. The molecule has 3 heterocycles. The first-order valence-electron chi connectivity index (χ1n) is 19.3. The van der Waals surface area contributed by atoms with E-state index in [1.807, 2.05) is 0 Å². The van der Waals surface area contributed by atoms with Crippen molar-refractivity contribution < 1.29 is 0 Å². The summed E-state index contributed by atoms with van der Waals surface area (Å²) in [5, 5.41) is 6.19. The van der Waals surface area contributed by atoms with E-state index >= 15 is 0 Å². The van der Waals surface area contributed by atoms with Gasteiger partial charge in [-0.15, -0.1) is 12.6 Å². The van der Waals surface area contributed by atoms with Crippen LogP contribution in [0.25, 0.3) is 93.9 Å². The first-order chi connectivity index (χ1) is 27.6. The molecule has 7 aromatic carbocycles. The van der Waals surface area contributed by atoms with Gasteiger partial charge in [-0.05, 0) is 102 Å². The maximum absolute atomic E-state index is 5.30. The highest BCUT2D eigenvalue weighted by atomic mass is 32.1. The molecule has 0 bridgehead atoms. The van der Waals surface area contributed by atoms with Crippen LogP contribution in [0.3, 0.4) is 0 Å². The molecule has 0 aliphatic heterocycles. The summed E-state index contributed by atoms with van der Waals surface area (Å²) < 4.78 is 4.95. The highest BCUT2D eigenvalue weighted by molar-refractivity contribution is 7.84. The first-order valence-corrected chi connectivity index (χ1v) is 19.8. The van der Waals surface area contributed by atoms with Crippen molar-refractivity contribution in [2.75, 3.05) is 0 Å². The third-order valence-electron chi connectivity index (χ3n) is 11.6. The Balaban J connectivity index is 1.15. The highest BCUT2D eigenvalue weighted by Gasteiger charge is 2.23. The molecular formula is C52H37N3S. The predicted octanol–water partition coefficient (Wildman–Crippen LogP) is 14.1. The van der Waals surface area contributed by atoms with Gasteiger partial charge in [0, 0.05) is 49.4 Å². The number of benzene rings is 7. The summed E-state index contributed by atoms with van der Waals surface area (Å²) in [7, 11) is 0. The number of aryl methyl sites for hydroxylation is 1. The summed E-state index contributed by atoms with van der Waals surface area (Å²) in [6.45, 7) is 2.19. The first kappa shape index (κ1) is 32.8. The lowest BCUT2D eigenvalue weighted by molar-refractivity contribution is 0.973. The van der Waals surface area contributed by atoms with Crippen molar-refractivity contribution in [2.24, 2.45) is 0 Å². The third-order valence-corrected chi connectivity index (χ3v) is 12.1. The number of allylic oxidation sites excluding steroid dienone is 4. The van der Waals surface area contributed by atoms with Crippen LogP contribution in [0, 0.1) is 6.92 Å². The molecule has 0 saturated heterocycles. The van der Waals surface area contributed by atoms with Gasteiger partial charge in [-0.25, -0.2) is 4.98 Å². The van der Waals surface area contributed by atoms with Gasteiger partial charge in [0.15, 0.2) is 0 Å². The number of fused-ring (bicyclic) bond motifs is 8. The number of rotatable bonds is 5. The molecule has 4 heteroatoms. The third kappa shape index (κ3) is 5.10. The van der Waals surface area contributed by atoms with Crippen molar-refractivity contribution in [3.8, 4) is 28.1 Å². The standard InChI is InChI=1S/C52H37N3S/c1-33-14-5-7-20-39(33)43-32-38(26-29-49(43)56)55-46-25-12-9-22-41(46)51-48(55)28-27-47-50(51)40-21-8-11-24-45(40)54(47)37-19-13-18-36(30-37)52-42(34-15-3-2-4-16-34)31-35-17-6-10-23-44(35)53-52/h2-25,27-28,30-32,56H,26,29H2,1H3. The van der Waals surface area contributed by atoms with Crippen molar-refractivity contribution in [3.63, 3.8) is 0 Å². The predicted molar refractivity (Wildman–Crippen MR) is 241 cm³/mol. The zero-order valence-corrected chi connectivity index (χ0v) is 31.8. The van der Waals surface area contributed by atoms with Crippen LogP contribution in [-0.4, -0.2) is 14.1 Å². The van der Waals surface area contributed by atoms with Crippen molar-refractivity contribution in [2.45, 2.75) is 19.8 Å². The van der Waals surface area contributed by atoms with E-state index < -0.39 is 0 Å². The second kappa shape index (κ2) is 13.0. The summed E-state index contributed by atoms with van der Waals surface area (Å²) >= 11 is 5.02. The van der Waals surface area contributed by atoms with E-state index in [4.69, 9.17) is 17.6 Å². The maximum Gasteiger partial charge on any atom is 0.0788 e. The number of para-hydroxylation sites is 3. The molecule has 56 heavy (non-hydrogen) atoms. The topological polar surface area (TPSA) is 22.8 Å². The van der Waals surface area contributed by atoms with Crippen LogP contribution in [0.2, 0.25) is 0 Å². The summed E-state index contributed by atoms with van der Waals surface area (Å²) in [6.07, 6.45) is 4.20. The zero-order chi connectivity index (χ0) is 37.3. The smallest absolute Gasteiger partial charge is 0.0788 e. The lowest BCUT2D eigenvalue weighted by Gasteiger charge is -2.21. The molecule has 266 valence electrons. The number of thiol groups is 1. The fourth-order valence-corrected chi connectivity index (χ4v) is 9.36. The number of nitrogens with zero attached hydrogens (tertiary/aromatic N) is 3. The van der Waals surface area contributed by atoms with Gasteiger partial charge in [0.05, 0.1) is 33.3 Å². The van der Waals surface area contributed by atoms with Crippen molar-refractivity contribution >= 4 is 78.4 Å². The minimum Gasteiger partial charge on any atom is -0.313 e. The Morgan fingerprint density at radius 3 is 1.95 bits per heavy atom. The largest absolute Gasteiger partial charge is 0.313 e. The van der Waals surface area contributed by atoms with Crippen LogP contribution in [0.5, 0.6) is 0 Å². The number of hydrogen-bond donors (Lipinski definition) is 1. The van der Waals surface area contributed by atoms with Gasteiger partial charge in [0.25, 0.3) is 0 Å². The normalized spacial score (nSPS) is 13.4. The Bertz CT molecular complexity index is 3270. The Labute approximate surface area is 330 Å². The van der Waals surface area contributed by atoms with Crippen LogP contribution in [0.4, 0.5) is 0 Å². The average Bonchev–Trinajstić information content (AvgIpc) is 3.77. The minimum atomic E-state index is 0.905. The summed E-state index contributed by atoms with van der Waals surface area (Å²) in [4.78, 5) is 6.44. The molecule has 0 amide bonds. The molecule has 3 nitrogen and oxygen atoms in total. The fourth-order valence-electron chi connectivity index (χ4n) is 9.06. The molecule has 0 fully saturated rings. The minimum absolute atomic E-state index is 0.905. The molecular weight excluding hydrogens is 699 g/mol. The number of pyridine rings is 1. The van der Waals surface area contributed by atoms with E-state index in [1.165, 1.54) is 66.0 Å². The van der Waals surface area contributed by atoms with Crippen LogP contribution >= 0.6 is 12.6 Å². The summed E-state index contributed by atoms with van der Waals surface area (Å²) in [5.74, 6) is 0. The zero-order valence-electron chi connectivity index (χ0n) is 30.9. The lowest BCUT2D eigenvalue weighted by atomic mass is 9.94. The van der Waals surface area contributed by atoms with Crippen LogP contribution in [0.1, 0.15) is 24.0 Å². The second-order valence-electron chi connectivity index (χ2n) is 14.9. The SMILES string of the molecule is Cc1ccccc1C1=C(S)CCC(n2c3ccccc3c3c4c5ccccc5n(-c5cccc(-c6nc7ccccc7cc6-c6ccccc6)c5)c4ccc32)=C1. The Hall–Kier alpha value is -6.62. The van der Waals surface area contributed by atoms with E-state index in [1.54, 1.807) is 0 Å². The molecule has 0 unspecified atom stereocenters. The molecule has 11 rings (SSSR count). The second-order valence-corrected chi connectivity index (χ2v) is 15.4. The molecule has 0 saturated carbocycles. The fraction of sp³-hybridized carbons (Fsp3) is 0.0577. The van der Waals surface area contributed by atoms with Crippen molar-refractivity contribution in [1.29, 1.82) is 0 Å². The molecule has 0 atom stereocenters. The molecule has 0 N–H and O–H groups in total. The van der Waals surface area contributed by atoms with Gasteiger partial charge in [-0.2, -0.15) is 0 Å². The van der Waals surface area contributed by atoms with E-state index in [2.05, 4.69) is 192 Å². The average molecular weight is 736 g/mol. The quantitative estimate of drug-likeness (QED) is 0.175. The molecule has 10 aromatic rings.